The van der Waals surface area contributed by atoms with Crippen LogP contribution in [0.1, 0.15) is 34.0 Å². The quantitative estimate of drug-likeness (QED) is 0.481. The van der Waals surface area contributed by atoms with E-state index in [2.05, 4.69) is 26.2 Å². The summed E-state index contributed by atoms with van der Waals surface area (Å²) in [6.07, 6.45) is 0.772. The fourth-order valence-corrected chi connectivity index (χ4v) is 4.01. The number of anilines is 1. The van der Waals surface area contributed by atoms with E-state index in [0.29, 0.717) is 27.4 Å². The zero-order chi connectivity index (χ0) is 20.5. The van der Waals surface area contributed by atoms with Gasteiger partial charge in [-0.15, -0.1) is 0 Å². The van der Waals surface area contributed by atoms with Crippen molar-refractivity contribution in [2.24, 2.45) is 4.99 Å². The maximum atomic E-state index is 13.0. The Labute approximate surface area is 181 Å². The van der Waals surface area contributed by atoms with Crippen LogP contribution in [0.15, 0.2) is 70.1 Å². The number of carbonyl (C=O) groups is 2. The summed E-state index contributed by atoms with van der Waals surface area (Å²) in [5.41, 5.74) is 4.06. The van der Waals surface area contributed by atoms with Crippen molar-refractivity contribution >= 4 is 56.3 Å². The Morgan fingerprint density at radius 3 is 2.59 bits per heavy atom. The SMILES string of the molecule is CCc1cc(Br)cc2c1NC(=O)C2=Nc1ccc(Cl)cc1C(=O)c1ccccc1. The van der Waals surface area contributed by atoms with Gasteiger partial charge >= 0.3 is 0 Å². The number of nitrogens with one attached hydrogen (secondary N) is 1. The molecule has 0 spiro atoms. The van der Waals surface area contributed by atoms with Crippen molar-refractivity contribution < 1.29 is 9.59 Å². The second-order valence-corrected chi connectivity index (χ2v) is 7.96. The molecule has 0 bridgehead atoms. The van der Waals surface area contributed by atoms with E-state index in [-0.39, 0.29) is 17.4 Å². The van der Waals surface area contributed by atoms with Gasteiger partial charge in [0, 0.05) is 26.2 Å². The molecule has 0 unspecified atom stereocenters. The van der Waals surface area contributed by atoms with Gasteiger partial charge in [-0.2, -0.15) is 0 Å². The van der Waals surface area contributed by atoms with Crippen molar-refractivity contribution in [3.05, 3.63) is 92.4 Å². The second-order valence-electron chi connectivity index (χ2n) is 6.61. The summed E-state index contributed by atoms with van der Waals surface area (Å²) in [5.74, 6) is -0.490. The molecule has 1 amide bonds. The highest BCUT2D eigenvalue weighted by atomic mass is 79.9. The lowest BCUT2D eigenvalue weighted by Crippen LogP contribution is -2.14. The minimum absolute atomic E-state index is 0.199. The summed E-state index contributed by atoms with van der Waals surface area (Å²) >= 11 is 9.65. The number of hydrogen-bond acceptors (Lipinski definition) is 3. The molecule has 0 saturated carbocycles. The topological polar surface area (TPSA) is 58.5 Å². The smallest absolute Gasteiger partial charge is 0.275 e. The van der Waals surface area contributed by atoms with Gasteiger partial charge in [-0.05, 0) is 42.3 Å². The van der Waals surface area contributed by atoms with E-state index in [9.17, 15) is 9.59 Å². The Morgan fingerprint density at radius 1 is 1.10 bits per heavy atom. The van der Waals surface area contributed by atoms with Crippen LogP contribution in [0, 0.1) is 0 Å². The molecule has 1 heterocycles. The third-order valence-corrected chi connectivity index (χ3v) is 5.44. The molecular weight excluding hydrogens is 452 g/mol. The van der Waals surface area contributed by atoms with E-state index in [1.54, 1.807) is 42.5 Å². The first kappa shape index (κ1) is 19.6. The number of nitrogens with zero attached hydrogens (tertiary/aromatic N) is 1. The van der Waals surface area contributed by atoms with Crippen LogP contribution in [-0.4, -0.2) is 17.4 Å². The number of aliphatic imine (C=N–C) groups is 1. The number of hydrogen-bond donors (Lipinski definition) is 1. The molecule has 3 aromatic carbocycles. The van der Waals surface area contributed by atoms with Crippen molar-refractivity contribution in [1.82, 2.24) is 0 Å². The monoisotopic (exact) mass is 466 g/mol. The number of aryl methyl sites for hydroxylation is 1. The van der Waals surface area contributed by atoms with Crippen LogP contribution in [0.2, 0.25) is 5.02 Å². The van der Waals surface area contributed by atoms with Crippen LogP contribution in [0.3, 0.4) is 0 Å². The van der Waals surface area contributed by atoms with Crippen molar-refractivity contribution in [1.29, 1.82) is 0 Å². The van der Waals surface area contributed by atoms with Gasteiger partial charge in [0.15, 0.2) is 5.78 Å². The predicted molar refractivity (Wildman–Crippen MR) is 120 cm³/mol. The molecule has 1 aliphatic heterocycles. The summed E-state index contributed by atoms with van der Waals surface area (Å²) in [4.78, 5) is 30.3. The summed E-state index contributed by atoms with van der Waals surface area (Å²) in [7, 11) is 0. The largest absolute Gasteiger partial charge is 0.320 e. The molecule has 3 aromatic rings. The van der Waals surface area contributed by atoms with Crippen molar-refractivity contribution in [2.45, 2.75) is 13.3 Å². The van der Waals surface area contributed by atoms with Gasteiger partial charge in [0.05, 0.1) is 11.4 Å². The van der Waals surface area contributed by atoms with E-state index in [1.165, 1.54) is 0 Å². The predicted octanol–water partition coefficient (Wildman–Crippen LogP) is 5.97. The molecular formula is C23H16BrClN2O2. The summed E-state index contributed by atoms with van der Waals surface area (Å²) < 4.78 is 0.869. The minimum Gasteiger partial charge on any atom is -0.320 e. The molecule has 1 N–H and O–H groups in total. The van der Waals surface area contributed by atoms with Gasteiger partial charge in [0.25, 0.3) is 5.91 Å². The van der Waals surface area contributed by atoms with Crippen molar-refractivity contribution in [2.75, 3.05) is 5.32 Å². The Hall–Kier alpha value is -2.76. The van der Waals surface area contributed by atoms with Crippen LogP contribution in [0.4, 0.5) is 11.4 Å². The number of amides is 1. The fraction of sp³-hybridized carbons (Fsp3) is 0.0870. The Bertz CT molecular complexity index is 1170. The fourth-order valence-electron chi connectivity index (χ4n) is 3.34. The van der Waals surface area contributed by atoms with Crippen LogP contribution in [-0.2, 0) is 11.2 Å². The van der Waals surface area contributed by atoms with E-state index in [0.717, 1.165) is 22.1 Å². The zero-order valence-electron chi connectivity index (χ0n) is 15.5. The molecule has 4 rings (SSSR count). The van der Waals surface area contributed by atoms with Gasteiger partial charge in [-0.3, -0.25) is 9.59 Å². The molecule has 6 heteroatoms. The number of benzene rings is 3. The van der Waals surface area contributed by atoms with Gasteiger partial charge in [0.2, 0.25) is 0 Å². The first-order valence-corrected chi connectivity index (χ1v) is 10.3. The molecule has 4 nitrogen and oxygen atoms in total. The van der Waals surface area contributed by atoms with Gasteiger partial charge in [0.1, 0.15) is 5.71 Å². The van der Waals surface area contributed by atoms with Crippen LogP contribution in [0.25, 0.3) is 0 Å². The van der Waals surface area contributed by atoms with Crippen LogP contribution < -0.4 is 5.32 Å². The number of fused-ring (bicyclic) bond motifs is 1. The van der Waals surface area contributed by atoms with Crippen molar-refractivity contribution in [3.63, 3.8) is 0 Å². The number of ketones is 1. The molecule has 144 valence electrons. The van der Waals surface area contributed by atoms with Crippen LogP contribution >= 0.6 is 27.5 Å². The van der Waals surface area contributed by atoms with Crippen molar-refractivity contribution in [3.8, 4) is 0 Å². The van der Waals surface area contributed by atoms with E-state index >= 15 is 0 Å². The van der Waals surface area contributed by atoms with Gasteiger partial charge in [-0.1, -0.05) is 64.8 Å². The Kier molecular flexibility index (Phi) is 5.35. The zero-order valence-corrected chi connectivity index (χ0v) is 17.8. The molecule has 1 aliphatic rings. The average molecular weight is 468 g/mol. The summed E-state index contributed by atoms with van der Waals surface area (Å²) in [6, 6.07) is 17.7. The Morgan fingerprint density at radius 2 is 1.86 bits per heavy atom. The molecule has 29 heavy (non-hydrogen) atoms. The molecule has 0 radical (unpaired) electrons. The third kappa shape index (κ3) is 3.76. The lowest BCUT2D eigenvalue weighted by atomic mass is 10.0. The molecule has 0 aliphatic carbocycles. The normalized spacial score (nSPS) is 14.0. The lowest BCUT2D eigenvalue weighted by Gasteiger charge is -2.08. The van der Waals surface area contributed by atoms with E-state index < -0.39 is 0 Å². The molecule has 0 fully saturated rings. The first-order chi connectivity index (χ1) is 14.0. The second kappa shape index (κ2) is 7.93. The van der Waals surface area contributed by atoms with E-state index in [1.807, 2.05) is 25.1 Å². The maximum Gasteiger partial charge on any atom is 0.275 e. The van der Waals surface area contributed by atoms with E-state index in [4.69, 9.17) is 11.6 Å². The third-order valence-electron chi connectivity index (χ3n) is 4.75. The average Bonchev–Trinajstić information content (AvgIpc) is 3.04. The maximum absolute atomic E-state index is 13.0. The standard InChI is InChI=1S/C23H16BrClN2O2/c1-2-13-10-15(24)11-18-20(13)27-23(29)21(18)26-19-9-8-16(25)12-17(19)22(28)14-6-4-3-5-7-14/h3-12H,2H2,1H3,(H,26,27,29). The van der Waals surface area contributed by atoms with Gasteiger partial charge < -0.3 is 5.32 Å². The summed E-state index contributed by atoms with van der Waals surface area (Å²) in [5, 5.41) is 3.34. The first-order valence-electron chi connectivity index (χ1n) is 9.10. The molecule has 0 atom stereocenters. The Balaban J connectivity index is 1.86. The number of halogens is 2. The highest BCUT2D eigenvalue weighted by Gasteiger charge is 2.29. The van der Waals surface area contributed by atoms with Crippen LogP contribution in [0.5, 0.6) is 0 Å². The minimum atomic E-state index is -0.291. The lowest BCUT2D eigenvalue weighted by molar-refractivity contribution is -0.110. The highest BCUT2D eigenvalue weighted by molar-refractivity contribution is 9.10. The van der Waals surface area contributed by atoms with Gasteiger partial charge in [-0.25, -0.2) is 4.99 Å². The molecule has 0 aromatic heterocycles. The summed E-state index contributed by atoms with van der Waals surface area (Å²) in [6.45, 7) is 2.03. The molecule has 0 saturated heterocycles. The highest BCUT2D eigenvalue weighted by Crippen LogP contribution is 2.34. The number of rotatable bonds is 4. The number of carbonyl (C=O) groups excluding carboxylic acids is 2.